The lowest BCUT2D eigenvalue weighted by molar-refractivity contribution is 0.130. The Kier molecular flexibility index (Phi) is 6.68. The average molecular weight is 484 g/mol. The number of carbonyl (C=O) groups excluding carboxylic acids is 1. The summed E-state index contributed by atoms with van der Waals surface area (Å²) >= 11 is 0. The van der Waals surface area contributed by atoms with Gasteiger partial charge in [0, 0.05) is 23.2 Å². The summed E-state index contributed by atoms with van der Waals surface area (Å²) in [4.78, 5) is 16.1. The van der Waals surface area contributed by atoms with E-state index < -0.39 is 6.09 Å². The molecule has 1 saturated carbocycles. The molecule has 0 bridgehead atoms. The molecule has 2 heterocycles. The Morgan fingerprint density at radius 2 is 2.06 bits per heavy atom. The van der Waals surface area contributed by atoms with E-state index in [1.165, 1.54) is 6.42 Å². The maximum atomic E-state index is 12.0. The third-order valence-corrected chi connectivity index (χ3v) is 6.38. The summed E-state index contributed by atoms with van der Waals surface area (Å²) in [5, 5.41) is 3.80. The number of carbonyl (C=O) groups is 1. The summed E-state index contributed by atoms with van der Waals surface area (Å²) in [5.74, 6) is 4.37. The predicted molar refractivity (Wildman–Crippen MR) is 139 cm³/mol. The van der Waals surface area contributed by atoms with E-state index in [4.69, 9.17) is 20.3 Å². The highest BCUT2D eigenvalue weighted by molar-refractivity contribution is 5.96. The number of hydrogen-bond acceptors (Lipinski definition) is 5. The zero-order valence-electron chi connectivity index (χ0n) is 20.5. The van der Waals surface area contributed by atoms with Gasteiger partial charge in [-0.25, -0.2) is 9.78 Å². The Hall–Kier alpha value is -4.18. The van der Waals surface area contributed by atoms with Crippen LogP contribution in [-0.4, -0.2) is 28.4 Å². The Morgan fingerprint density at radius 1 is 1.25 bits per heavy atom. The van der Waals surface area contributed by atoms with Crippen LogP contribution in [0.4, 0.5) is 10.5 Å². The second-order valence-electron chi connectivity index (χ2n) is 9.18. The first-order valence-corrected chi connectivity index (χ1v) is 12.3. The van der Waals surface area contributed by atoms with Crippen molar-refractivity contribution in [2.45, 2.75) is 51.7 Å². The molecule has 1 N–H and O–H groups in total. The SMILES string of the molecule is C#Cc1c(-c2ccc(NC(=O)OC(C)C)cc2)n(C2CCC2)c2cc(OCCc3ncco3)ccc12. The lowest BCUT2D eigenvalue weighted by Crippen LogP contribution is -2.18. The van der Waals surface area contributed by atoms with Gasteiger partial charge in [0.05, 0.1) is 42.1 Å². The van der Waals surface area contributed by atoms with E-state index in [0.717, 1.165) is 46.3 Å². The number of nitrogens with one attached hydrogen (secondary N) is 1. The Bertz CT molecular complexity index is 1390. The zero-order valence-corrected chi connectivity index (χ0v) is 20.5. The van der Waals surface area contributed by atoms with Gasteiger partial charge in [-0.05, 0) is 62.9 Å². The fourth-order valence-electron chi connectivity index (χ4n) is 4.54. The summed E-state index contributed by atoms with van der Waals surface area (Å²) in [5.41, 5.74) is 4.62. The number of anilines is 1. The minimum absolute atomic E-state index is 0.184. The van der Waals surface area contributed by atoms with Crippen molar-refractivity contribution < 1.29 is 18.7 Å². The van der Waals surface area contributed by atoms with E-state index in [-0.39, 0.29) is 6.10 Å². The molecule has 0 atom stereocenters. The molecular formula is C29H29N3O4. The van der Waals surface area contributed by atoms with Crippen molar-refractivity contribution in [3.05, 3.63) is 66.4 Å². The monoisotopic (exact) mass is 483 g/mol. The van der Waals surface area contributed by atoms with Crippen molar-refractivity contribution in [2.24, 2.45) is 0 Å². The van der Waals surface area contributed by atoms with E-state index in [9.17, 15) is 4.79 Å². The van der Waals surface area contributed by atoms with Gasteiger partial charge in [0.2, 0.25) is 0 Å². The third kappa shape index (κ3) is 4.80. The van der Waals surface area contributed by atoms with E-state index in [1.807, 2.05) is 50.2 Å². The van der Waals surface area contributed by atoms with Gasteiger partial charge in [0.15, 0.2) is 5.89 Å². The van der Waals surface area contributed by atoms with Gasteiger partial charge in [-0.1, -0.05) is 18.1 Å². The van der Waals surface area contributed by atoms with Crippen LogP contribution in [-0.2, 0) is 11.2 Å². The fraction of sp³-hybridized carbons (Fsp3) is 0.310. The van der Waals surface area contributed by atoms with Crippen LogP contribution in [0.1, 0.15) is 50.6 Å². The van der Waals surface area contributed by atoms with Gasteiger partial charge >= 0.3 is 6.09 Å². The second kappa shape index (κ2) is 10.2. The highest BCUT2D eigenvalue weighted by atomic mass is 16.6. The smallest absolute Gasteiger partial charge is 0.411 e. The summed E-state index contributed by atoms with van der Waals surface area (Å²) in [6.45, 7) is 4.10. The van der Waals surface area contributed by atoms with Crippen molar-refractivity contribution in [2.75, 3.05) is 11.9 Å². The number of benzene rings is 2. The summed E-state index contributed by atoms with van der Waals surface area (Å²) < 4.78 is 18.9. The van der Waals surface area contributed by atoms with Crippen LogP contribution < -0.4 is 10.1 Å². The summed E-state index contributed by atoms with van der Waals surface area (Å²) in [6.07, 6.45) is 12.6. The standard InChI is InChI=1S/C29H29N3O4/c1-4-24-25-13-12-23(34-16-14-27-30-15-17-35-27)18-26(25)32(22-6-5-7-22)28(24)20-8-10-21(11-9-20)31-29(33)36-19(2)3/h1,8-13,15,17-19,22H,5-7,14,16H2,2-3H3,(H,31,33). The van der Waals surface area contributed by atoms with E-state index in [0.29, 0.717) is 30.6 Å². The molecule has 36 heavy (non-hydrogen) atoms. The molecule has 1 aliphatic carbocycles. The molecule has 0 radical (unpaired) electrons. The van der Waals surface area contributed by atoms with Crippen molar-refractivity contribution in [3.8, 4) is 29.4 Å². The van der Waals surface area contributed by atoms with Crippen LogP contribution in [0.2, 0.25) is 0 Å². The highest BCUT2D eigenvalue weighted by Gasteiger charge is 2.27. The van der Waals surface area contributed by atoms with Crippen LogP contribution in [0.25, 0.3) is 22.2 Å². The number of oxazole rings is 1. The van der Waals surface area contributed by atoms with E-state index in [1.54, 1.807) is 12.5 Å². The average Bonchev–Trinajstić information content (AvgIpc) is 3.44. The van der Waals surface area contributed by atoms with Gasteiger partial charge in [0.25, 0.3) is 0 Å². The van der Waals surface area contributed by atoms with Crippen LogP contribution in [0.3, 0.4) is 0 Å². The van der Waals surface area contributed by atoms with E-state index in [2.05, 4.69) is 26.9 Å². The minimum Gasteiger partial charge on any atom is -0.493 e. The second-order valence-corrected chi connectivity index (χ2v) is 9.18. The molecule has 4 aromatic rings. The number of terminal acetylenes is 1. The molecule has 2 aromatic heterocycles. The van der Waals surface area contributed by atoms with Gasteiger partial charge in [-0.3, -0.25) is 5.32 Å². The van der Waals surface area contributed by atoms with Crippen molar-refractivity contribution in [1.29, 1.82) is 0 Å². The maximum absolute atomic E-state index is 12.0. The Morgan fingerprint density at radius 3 is 2.69 bits per heavy atom. The molecule has 5 rings (SSSR count). The highest BCUT2D eigenvalue weighted by Crippen LogP contribution is 2.43. The first kappa shape index (κ1) is 23.6. The number of nitrogens with zero attached hydrogens (tertiary/aromatic N) is 2. The van der Waals surface area contributed by atoms with Crippen LogP contribution in [0.5, 0.6) is 5.75 Å². The molecule has 7 nitrogen and oxygen atoms in total. The molecule has 1 aliphatic rings. The molecule has 1 fully saturated rings. The molecular weight excluding hydrogens is 454 g/mol. The van der Waals surface area contributed by atoms with Gasteiger partial charge in [-0.15, -0.1) is 6.42 Å². The third-order valence-electron chi connectivity index (χ3n) is 6.38. The normalized spacial score (nSPS) is 13.4. The van der Waals surface area contributed by atoms with Crippen LogP contribution >= 0.6 is 0 Å². The maximum Gasteiger partial charge on any atom is 0.411 e. The van der Waals surface area contributed by atoms with Gasteiger partial charge in [0.1, 0.15) is 12.0 Å². The molecule has 0 unspecified atom stereocenters. The Labute approximate surface area is 210 Å². The summed E-state index contributed by atoms with van der Waals surface area (Å²) in [7, 11) is 0. The number of rotatable bonds is 8. The largest absolute Gasteiger partial charge is 0.493 e. The lowest BCUT2D eigenvalue weighted by atomic mass is 9.92. The molecule has 2 aromatic carbocycles. The molecule has 0 spiro atoms. The number of aromatic nitrogens is 2. The number of fused-ring (bicyclic) bond motifs is 1. The molecule has 7 heteroatoms. The quantitative estimate of drug-likeness (QED) is 0.286. The summed E-state index contributed by atoms with van der Waals surface area (Å²) in [6, 6.07) is 14.2. The number of ether oxygens (including phenoxy) is 2. The van der Waals surface area contributed by atoms with Crippen molar-refractivity contribution in [1.82, 2.24) is 9.55 Å². The minimum atomic E-state index is -0.471. The predicted octanol–water partition coefficient (Wildman–Crippen LogP) is 6.58. The van der Waals surface area contributed by atoms with E-state index >= 15 is 0 Å². The van der Waals surface area contributed by atoms with Crippen LogP contribution in [0, 0.1) is 12.3 Å². The van der Waals surface area contributed by atoms with Gasteiger partial charge < -0.3 is 18.5 Å². The molecule has 0 saturated heterocycles. The molecule has 1 amide bonds. The topological polar surface area (TPSA) is 78.5 Å². The first-order chi connectivity index (χ1) is 17.5. The zero-order chi connectivity index (χ0) is 25.1. The Balaban J connectivity index is 1.47. The first-order valence-electron chi connectivity index (χ1n) is 12.3. The number of hydrogen-bond donors (Lipinski definition) is 1. The van der Waals surface area contributed by atoms with Crippen molar-refractivity contribution >= 4 is 22.7 Å². The fourth-order valence-corrected chi connectivity index (χ4v) is 4.54. The molecule has 184 valence electrons. The van der Waals surface area contributed by atoms with Crippen LogP contribution in [0.15, 0.2) is 59.3 Å². The lowest BCUT2D eigenvalue weighted by Gasteiger charge is -2.30. The number of amides is 1. The van der Waals surface area contributed by atoms with Gasteiger partial charge in [-0.2, -0.15) is 0 Å². The van der Waals surface area contributed by atoms with Crippen molar-refractivity contribution in [3.63, 3.8) is 0 Å². The molecule has 0 aliphatic heterocycles.